The van der Waals surface area contributed by atoms with Gasteiger partial charge in [-0.3, -0.25) is 4.90 Å². The molecule has 0 spiro atoms. The Morgan fingerprint density at radius 3 is 2.57 bits per heavy atom. The van der Waals surface area contributed by atoms with Crippen LogP contribution in [0.4, 0.5) is 0 Å². The van der Waals surface area contributed by atoms with Gasteiger partial charge in [0, 0.05) is 32.7 Å². The molecule has 1 unspecified atom stereocenters. The van der Waals surface area contributed by atoms with E-state index in [4.69, 9.17) is 9.47 Å². The van der Waals surface area contributed by atoms with Crippen molar-refractivity contribution >= 4 is 0 Å². The van der Waals surface area contributed by atoms with Gasteiger partial charge in [-0.2, -0.15) is 0 Å². The van der Waals surface area contributed by atoms with Crippen molar-refractivity contribution in [3.05, 3.63) is 23.8 Å². The molecule has 0 aromatic heterocycles. The van der Waals surface area contributed by atoms with Gasteiger partial charge in [0.25, 0.3) is 0 Å². The zero-order valence-electron chi connectivity index (χ0n) is 13.1. The fourth-order valence-corrected chi connectivity index (χ4v) is 2.49. The second kappa shape index (κ2) is 7.64. The first-order chi connectivity index (χ1) is 10.1. The van der Waals surface area contributed by atoms with Gasteiger partial charge in [-0.15, -0.1) is 0 Å². The Hall–Kier alpha value is -1.30. The summed E-state index contributed by atoms with van der Waals surface area (Å²) in [6, 6.07) is 5.65. The number of benzene rings is 1. The van der Waals surface area contributed by atoms with Gasteiger partial charge >= 0.3 is 0 Å². The third-order valence-electron chi connectivity index (χ3n) is 3.58. The van der Waals surface area contributed by atoms with Crippen molar-refractivity contribution in [2.45, 2.75) is 26.1 Å². The summed E-state index contributed by atoms with van der Waals surface area (Å²) < 4.78 is 11.1. The lowest BCUT2D eigenvalue weighted by Crippen LogP contribution is -2.44. The first-order valence-electron chi connectivity index (χ1n) is 7.56. The minimum atomic E-state index is -0.509. The van der Waals surface area contributed by atoms with Crippen LogP contribution in [-0.4, -0.2) is 55.9 Å². The van der Waals surface area contributed by atoms with E-state index in [0.29, 0.717) is 18.0 Å². The number of aliphatic hydroxyl groups is 1. The number of hydrogen-bond donors (Lipinski definition) is 2. The van der Waals surface area contributed by atoms with Gasteiger partial charge in [0.2, 0.25) is 0 Å². The Labute approximate surface area is 126 Å². The third kappa shape index (κ3) is 4.59. The van der Waals surface area contributed by atoms with Gasteiger partial charge in [0.15, 0.2) is 11.5 Å². The summed E-state index contributed by atoms with van der Waals surface area (Å²) in [5, 5.41) is 13.7. The second-order valence-corrected chi connectivity index (χ2v) is 5.64. The summed E-state index contributed by atoms with van der Waals surface area (Å²) in [5.41, 5.74) is 0.862. The number of aliphatic hydroxyl groups excluding tert-OH is 1. The van der Waals surface area contributed by atoms with Gasteiger partial charge in [-0.25, -0.2) is 0 Å². The Morgan fingerprint density at radius 2 is 1.95 bits per heavy atom. The Bertz CT molecular complexity index is 445. The maximum atomic E-state index is 10.4. The molecule has 0 saturated carbocycles. The van der Waals surface area contributed by atoms with Gasteiger partial charge < -0.3 is 19.9 Å². The van der Waals surface area contributed by atoms with Gasteiger partial charge in [-0.05, 0) is 31.5 Å². The minimum Gasteiger partial charge on any atom is -0.493 e. The van der Waals surface area contributed by atoms with E-state index >= 15 is 0 Å². The molecular weight excluding hydrogens is 268 g/mol. The highest BCUT2D eigenvalue weighted by molar-refractivity contribution is 5.43. The molecule has 0 bridgehead atoms. The Morgan fingerprint density at radius 1 is 1.24 bits per heavy atom. The van der Waals surface area contributed by atoms with E-state index in [9.17, 15) is 5.11 Å². The summed E-state index contributed by atoms with van der Waals surface area (Å²) in [5.74, 6) is 1.38. The van der Waals surface area contributed by atoms with Gasteiger partial charge in [0.1, 0.15) is 0 Å². The molecule has 5 nitrogen and oxygen atoms in total. The molecule has 1 aliphatic rings. The molecule has 118 valence electrons. The van der Waals surface area contributed by atoms with Crippen LogP contribution < -0.4 is 14.8 Å². The van der Waals surface area contributed by atoms with Crippen molar-refractivity contribution in [2.24, 2.45) is 0 Å². The van der Waals surface area contributed by atoms with E-state index < -0.39 is 6.10 Å². The number of nitrogens with one attached hydrogen (secondary N) is 1. The van der Waals surface area contributed by atoms with Crippen LogP contribution in [0, 0.1) is 0 Å². The molecular formula is C16H26N2O3. The zero-order valence-corrected chi connectivity index (χ0v) is 13.1. The number of methoxy groups -OCH3 is 1. The van der Waals surface area contributed by atoms with E-state index in [0.717, 1.165) is 31.7 Å². The molecule has 21 heavy (non-hydrogen) atoms. The normalized spacial score (nSPS) is 17.8. The molecule has 5 heteroatoms. The largest absolute Gasteiger partial charge is 0.493 e. The number of ether oxygens (including phenoxy) is 2. The molecule has 1 aliphatic heterocycles. The van der Waals surface area contributed by atoms with Crippen LogP contribution in [0.5, 0.6) is 11.5 Å². The van der Waals surface area contributed by atoms with E-state index in [1.807, 2.05) is 32.0 Å². The predicted molar refractivity (Wildman–Crippen MR) is 83.0 cm³/mol. The van der Waals surface area contributed by atoms with E-state index in [-0.39, 0.29) is 6.10 Å². The van der Waals surface area contributed by atoms with Crippen molar-refractivity contribution in [2.75, 3.05) is 39.8 Å². The molecule has 1 heterocycles. The lowest BCUT2D eigenvalue weighted by Gasteiger charge is -2.29. The lowest BCUT2D eigenvalue weighted by atomic mass is 10.1. The average molecular weight is 294 g/mol. The van der Waals surface area contributed by atoms with Crippen molar-refractivity contribution in [3.63, 3.8) is 0 Å². The number of nitrogens with zero attached hydrogens (tertiary/aromatic N) is 1. The number of rotatable bonds is 6. The topological polar surface area (TPSA) is 54.0 Å². The Kier molecular flexibility index (Phi) is 5.85. The maximum absolute atomic E-state index is 10.4. The number of β-amino-alcohol motifs (C(OH)–C–C–N with tert-alkyl or cyclic N) is 1. The minimum absolute atomic E-state index is 0.0931. The van der Waals surface area contributed by atoms with Crippen LogP contribution in [0.2, 0.25) is 0 Å². The molecule has 0 radical (unpaired) electrons. The van der Waals surface area contributed by atoms with Crippen LogP contribution >= 0.6 is 0 Å². The Balaban J connectivity index is 2.04. The molecule has 0 aliphatic carbocycles. The monoisotopic (exact) mass is 294 g/mol. The molecule has 2 rings (SSSR count). The summed E-state index contributed by atoms with van der Waals surface area (Å²) in [6.07, 6.45) is -0.416. The van der Waals surface area contributed by atoms with Crippen LogP contribution in [0.1, 0.15) is 25.5 Å². The summed E-state index contributed by atoms with van der Waals surface area (Å²) in [6.45, 7) is 8.52. The zero-order chi connectivity index (χ0) is 15.2. The second-order valence-electron chi connectivity index (χ2n) is 5.64. The maximum Gasteiger partial charge on any atom is 0.161 e. The van der Waals surface area contributed by atoms with Gasteiger partial charge in [-0.1, -0.05) is 6.07 Å². The quantitative estimate of drug-likeness (QED) is 0.831. The van der Waals surface area contributed by atoms with Crippen LogP contribution in [0.15, 0.2) is 18.2 Å². The van der Waals surface area contributed by atoms with Crippen molar-refractivity contribution in [1.29, 1.82) is 0 Å². The fourth-order valence-electron chi connectivity index (χ4n) is 2.49. The van der Waals surface area contributed by atoms with Crippen LogP contribution in [-0.2, 0) is 0 Å². The molecule has 0 amide bonds. The van der Waals surface area contributed by atoms with E-state index in [1.54, 1.807) is 7.11 Å². The van der Waals surface area contributed by atoms with Crippen molar-refractivity contribution in [1.82, 2.24) is 10.2 Å². The third-order valence-corrected chi connectivity index (χ3v) is 3.58. The van der Waals surface area contributed by atoms with Gasteiger partial charge in [0.05, 0.1) is 19.3 Å². The molecule has 2 N–H and O–H groups in total. The highest BCUT2D eigenvalue weighted by Gasteiger charge is 2.17. The predicted octanol–water partition coefficient (Wildman–Crippen LogP) is 1.42. The van der Waals surface area contributed by atoms with Crippen molar-refractivity contribution in [3.8, 4) is 11.5 Å². The molecule has 1 atom stereocenters. The van der Waals surface area contributed by atoms with Crippen LogP contribution in [0.25, 0.3) is 0 Å². The summed E-state index contributed by atoms with van der Waals surface area (Å²) in [7, 11) is 1.62. The summed E-state index contributed by atoms with van der Waals surface area (Å²) in [4.78, 5) is 2.27. The lowest BCUT2D eigenvalue weighted by molar-refractivity contribution is 0.105. The molecule has 1 fully saturated rings. The van der Waals surface area contributed by atoms with E-state index in [2.05, 4.69) is 10.2 Å². The first-order valence-corrected chi connectivity index (χ1v) is 7.56. The number of hydrogen-bond acceptors (Lipinski definition) is 5. The highest BCUT2D eigenvalue weighted by Crippen LogP contribution is 2.31. The average Bonchev–Trinajstić information content (AvgIpc) is 2.48. The highest BCUT2D eigenvalue weighted by atomic mass is 16.5. The van der Waals surface area contributed by atoms with Crippen molar-refractivity contribution < 1.29 is 14.6 Å². The molecule has 1 saturated heterocycles. The standard InChI is InChI=1S/C16H26N2O3/c1-12(2)21-15-5-4-13(10-16(15)20-3)14(19)11-18-8-6-17-7-9-18/h4-5,10,12,14,17,19H,6-9,11H2,1-3H3. The smallest absolute Gasteiger partial charge is 0.161 e. The number of piperazine rings is 1. The molecule has 1 aromatic rings. The fraction of sp³-hybridized carbons (Fsp3) is 0.625. The SMILES string of the molecule is COc1cc(C(O)CN2CCNCC2)ccc1OC(C)C. The first kappa shape index (κ1) is 16.1. The molecule has 1 aromatic carbocycles. The van der Waals surface area contributed by atoms with E-state index in [1.165, 1.54) is 0 Å². The van der Waals surface area contributed by atoms with Crippen LogP contribution in [0.3, 0.4) is 0 Å². The summed E-state index contributed by atoms with van der Waals surface area (Å²) >= 11 is 0.